The quantitative estimate of drug-likeness (QED) is 0.513. The van der Waals surface area contributed by atoms with Crippen LogP contribution in [0.4, 0.5) is 4.39 Å². The van der Waals surface area contributed by atoms with Crippen molar-refractivity contribution in [2.75, 3.05) is 0 Å². The van der Waals surface area contributed by atoms with Gasteiger partial charge >= 0.3 is 5.69 Å². The van der Waals surface area contributed by atoms with Crippen LogP contribution in [0.3, 0.4) is 0 Å². The predicted octanol–water partition coefficient (Wildman–Crippen LogP) is 2.59. The van der Waals surface area contributed by atoms with Crippen molar-refractivity contribution in [2.24, 2.45) is 0 Å². The zero-order valence-electron chi connectivity index (χ0n) is 17.1. The van der Waals surface area contributed by atoms with Gasteiger partial charge < -0.3 is 0 Å². The Kier molecular flexibility index (Phi) is 5.05. The molecule has 31 heavy (non-hydrogen) atoms. The van der Waals surface area contributed by atoms with Gasteiger partial charge in [-0.05, 0) is 61.7 Å². The zero-order chi connectivity index (χ0) is 22.3. The summed E-state index contributed by atoms with van der Waals surface area (Å²) in [5, 5.41) is 9.35. The van der Waals surface area contributed by atoms with Crippen LogP contribution in [0, 0.1) is 24.2 Å². The molecule has 3 heterocycles. The average Bonchev–Trinajstić information content (AvgIpc) is 2.69. The van der Waals surface area contributed by atoms with E-state index >= 15 is 0 Å². The fourth-order valence-electron chi connectivity index (χ4n) is 3.82. The SMILES string of the molecule is Cc1cc(C#N)cc(C2OOC(C)(C)c3c2n(Cc2ccnc(F)c2)c(=O)[nH]c3=O)c1. The molecule has 3 aromatic rings. The molecule has 4 rings (SSSR count). The first-order valence-electron chi connectivity index (χ1n) is 9.53. The first-order chi connectivity index (χ1) is 14.7. The molecule has 1 N–H and O–H groups in total. The normalized spacial score (nSPS) is 17.1. The zero-order valence-corrected chi connectivity index (χ0v) is 17.1. The number of rotatable bonds is 3. The molecule has 0 fully saturated rings. The second-order valence-electron chi connectivity index (χ2n) is 7.91. The Morgan fingerprint density at radius 3 is 2.77 bits per heavy atom. The summed E-state index contributed by atoms with van der Waals surface area (Å²) in [5.41, 5.74) is 0.333. The van der Waals surface area contributed by atoms with Gasteiger partial charge in [-0.2, -0.15) is 9.65 Å². The van der Waals surface area contributed by atoms with E-state index in [-0.39, 0.29) is 17.8 Å². The maximum absolute atomic E-state index is 13.6. The maximum Gasteiger partial charge on any atom is 0.328 e. The molecule has 1 aromatic carbocycles. The maximum atomic E-state index is 13.6. The van der Waals surface area contributed by atoms with E-state index in [1.54, 1.807) is 38.1 Å². The molecule has 0 aliphatic carbocycles. The van der Waals surface area contributed by atoms with Crippen LogP contribution >= 0.6 is 0 Å². The Morgan fingerprint density at radius 2 is 2.06 bits per heavy atom. The fraction of sp³-hybridized carbons (Fsp3) is 0.273. The molecule has 1 aliphatic rings. The number of aryl methyl sites for hydroxylation is 1. The number of H-pyrrole nitrogens is 1. The first kappa shape index (κ1) is 20.7. The summed E-state index contributed by atoms with van der Waals surface area (Å²) in [6, 6.07) is 10.00. The van der Waals surface area contributed by atoms with E-state index in [1.165, 1.54) is 16.8 Å². The van der Waals surface area contributed by atoms with Gasteiger partial charge in [0.15, 0.2) is 6.10 Å². The molecule has 0 saturated heterocycles. The number of nitrogens with one attached hydrogen (secondary N) is 1. The van der Waals surface area contributed by atoms with E-state index in [4.69, 9.17) is 9.78 Å². The minimum absolute atomic E-state index is 0.0236. The second-order valence-corrected chi connectivity index (χ2v) is 7.91. The standard InChI is InChI=1S/C22H19FN4O4/c1-12-6-14(10-24)8-15(7-12)19-18-17(22(2,3)31-30-19)20(28)26-21(29)27(18)11-13-4-5-25-16(23)9-13/h4-9,19H,11H2,1-3H3,(H,26,28,29). The second kappa shape index (κ2) is 7.58. The smallest absolute Gasteiger partial charge is 0.290 e. The highest BCUT2D eigenvalue weighted by molar-refractivity contribution is 5.42. The summed E-state index contributed by atoms with van der Waals surface area (Å²) in [5.74, 6) is -0.683. The third-order valence-corrected chi connectivity index (χ3v) is 5.11. The molecular formula is C22H19FN4O4. The highest BCUT2D eigenvalue weighted by Gasteiger charge is 2.41. The Balaban J connectivity index is 1.99. The molecule has 0 saturated carbocycles. The third kappa shape index (κ3) is 3.79. The monoisotopic (exact) mass is 422 g/mol. The van der Waals surface area contributed by atoms with Crippen LogP contribution in [0.15, 0.2) is 46.1 Å². The topological polar surface area (TPSA) is 110 Å². The Morgan fingerprint density at radius 1 is 1.29 bits per heavy atom. The van der Waals surface area contributed by atoms with Gasteiger partial charge in [-0.1, -0.05) is 6.07 Å². The van der Waals surface area contributed by atoms with E-state index in [2.05, 4.69) is 16.0 Å². The van der Waals surface area contributed by atoms with Crippen molar-refractivity contribution in [3.8, 4) is 6.07 Å². The highest BCUT2D eigenvalue weighted by Crippen LogP contribution is 2.40. The number of hydrogen-bond acceptors (Lipinski definition) is 6. The van der Waals surface area contributed by atoms with Crippen LogP contribution in [-0.4, -0.2) is 14.5 Å². The van der Waals surface area contributed by atoms with Crippen LogP contribution in [0.5, 0.6) is 0 Å². The lowest BCUT2D eigenvalue weighted by atomic mass is 9.90. The molecule has 158 valence electrons. The summed E-state index contributed by atoms with van der Waals surface area (Å²) >= 11 is 0. The van der Waals surface area contributed by atoms with Crippen LogP contribution in [0.25, 0.3) is 0 Å². The summed E-state index contributed by atoms with van der Waals surface area (Å²) < 4.78 is 15.0. The first-order valence-corrected chi connectivity index (χ1v) is 9.53. The number of fused-ring (bicyclic) bond motifs is 1. The number of nitriles is 1. The van der Waals surface area contributed by atoms with Gasteiger partial charge in [0, 0.05) is 6.20 Å². The van der Waals surface area contributed by atoms with Crippen molar-refractivity contribution in [1.82, 2.24) is 14.5 Å². The van der Waals surface area contributed by atoms with Crippen LogP contribution < -0.4 is 11.2 Å². The average molecular weight is 422 g/mol. The lowest BCUT2D eigenvalue weighted by molar-refractivity contribution is -0.390. The summed E-state index contributed by atoms with van der Waals surface area (Å²) in [6.45, 7) is 5.10. The molecular weight excluding hydrogens is 403 g/mol. The van der Waals surface area contributed by atoms with Gasteiger partial charge in [-0.25, -0.2) is 19.6 Å². The summed E-state index contributed by atoms with van der Waals surface area (Å²) in [6.07, 6.45) is 0.353. The number of hydrogen-bond donors (Lipinski definition) is 1. The Labute approximate surface area is 176 Å². The number of aromatic amines is 1. The lowest BCUT2D eigenvalue weighted by Crippen LogP contribution is -2.45. The van der Waals surface area contributed by atoms with Gasteiger partial charge in [0.25, 0.3) is 5.56 Å². The van der Waals surface area contributed by atoms with E-state index < -0.39 is 28.9 Å². The van der Waals surface area contributed by atoms with Gasteiger partial charge in [-0.15, -0.1) is 0 Å². The molecule has 1 atom stereocenters. The van der Waals surface area contributed by atoms with Gasteiger partial charge in [-0.3, -0.25) is 14.3 Å². The molecule has 0 amide bonds. The van der Waals surface area contributed by atoms with Crippen LogP contribution in [-0.2, 0) is 21.9 Å². The number of halogens is 1. The van der Waals surface area contributed by atoms with Crippen LogP contribution in [0.1, 0.15) is 53.5 Å². The molecule has 0 spiro atoms. The lowest BCUT2D eigenvalue weighted by Gasteiger charge is -2.36. The van der Waals surface area contributed by atoms with Crippen molar-refractivity contribution in [1.29, 1.82) is 5.26 Å². The summed E-state index contributed by atoms with van der Waals surface area (Å²) in [4.78, 5) is 42.7. The Bertz CT molecular complexity index is 1340. The van der Waals surface area contributed by atoms with Crippen molar-refractivity contribution in [2.45, 2.75) is 39.0 Å². The largest absolute Gasteiger partial charge is 0.328 e. The molecule has 9 heteroatoms. The number of pyridine rings is 1. The van der Waals surface area contributed by atoms with Crippen molar-refractivity contribution < 1.29 is 14.2 Å². The summed E-state index contributed by atoms with van der Waals surface area (Å²) in [7, 11) is 0. The number of aromatic nitrogens is 3. The number of benzene rings is 1. The molecule has 8 nitrogen and oxygen atoms in total. The third-order valence-electron chi connectivity index (χ3n) is 5.11. The highest BCUT2D eigenvalue weighted by atomic mass is 19.1. The molecule has 0 bridgehead atoms. The van der Waals surface area contributed by atoms with Crippen molar-refractivity contribution >= 4 is 0 Å². The van der Waals surface area contributed by atoms with E-state index in [1.807, 2.05) is 6.92 Å². The molecule has 1 unspecified atom stereocenters. The van der Waals surface area contributed by atoms with Gasteiger partial charge in [0.2, 0.25) is 5.95 Å². The predicted molar refractivity (Wildman–Crippen MR) is 108 cm³/mol. The van der Waals surface area contributed by atoms with Crippen LogP contribution in [0.2, 0.25) is 0 Å². The van der Waals surface area contributed by atoms with Crippen molar-refractivity contribution in [3.63, 3.8) is 0 Å². The van der Waals surface area contributed by atoms with Gasteiger partial charge in [0.05, 0.1) is 29.4 Å². The fourth-order valence-corrected chi connectivity index (χ4v) is 3.82. The van der Waals surface area contributed by atoms with Crippen molar-refractivity contribution in [3.05, 3.63) is 96.8 Å². The molecule has 2 aromatic heterocycles. The molecule has 1 aliphatic heterocycles. The Hall–Kier alpha value is -3.61. The van der Waals surface area contributed by atoms with Gasteiger partial charge in [0.1, 0.15) is 5.60 Å². The number of nitrogens with zero attached hydrogens (tertiary/aromatic N) is 3. The molecule has 0 radical (unpaired) electrons. The minimum atomic E-state index is -1.15. The minimum Gasteiger partial charge on any atom is -0.290 e. The van der Waals surface area contributed by atoms with E-state index in [0.29, 0.717) is 16.7 Å². The van der Waals surface area contributed by atoms with E-state index in [9.17, 15) is 19.2 Å². The van der Waals surface area contributed by atoms with E-state index in [0.717, 1.165) is 5.56 Å².